The lowest BCUT2D eigenvalue weighted by Gasteiger charge is -2.05. The van der Waals surface area contributed by atoms with E-state index in [9.17, 15) is 13.2 Å². The van der Waals surface area contributed by atoms with Crippen LogP contribution in [0.3, 0.4) is 0 Å². The van der Waals surface area contributed by atoms with Crippen molar-refractivity contribution in [1.29, 1.82) is 0 Å². The summed E-state index contributed by atoms with van der Waals surface area (Å²) >= 11 is 0. The molecule has 0 spiro atoms. The number of nitrogens with zero attached hydrogens (tertiary/aromatic N) is 2. The Morgan fingerprint density at radius 1 is 1.19 bits per heavy atom. The molecule has 2 rings (SSSR count). The third-order valence-corrected chi connectivity index (χ3v) is 2.39. The molecule has 2 heterocycles. The van der Waals surface area contributed by atoms with Gasteiger partial charge in [0.2, 0.25) is 0 Å². The third-order valence-electron chi connectivity index (χ3n) is 2.39. The lowest BCUT2D eigenvalue weighted by atomic mass is 10.2. The molecule has 0 saturated heterocycles. The molecule has 0 fully saturated rings. The van der Waals surface area contributed by atoms with Gasteiger partial charge in [-0.1, -0.05) is 13.8 Å². The molecule has 0 aromatic carbocycles. The van der Waals surface area contributed by atoms with Gasteiger partial charge in [-0.2, -0.15) is 13.2 Å². The SMILES string of the molecule is CC(C)c1cn2cc(C(F)(F)F)ccc2n1. The van der Waals surface area contributed by atoms with Crippen molar-refractivity contribution in [2.24, 2.45) is 0 Å². The van der Waals surface area contributed by atoms with Crippen LogP contribution in [0.1, 0.15) is 31.0 Å². The van der Waals surface area contributed by atoms with Gasteiger partial charge in [0.05, 0.1) is 11.3 Å². The van der Waals surface area contributed by atoms with Crippen LogP contribution in [0.5, 0.6) is 0 Å². The molecule has 2 aromatic heterocycles. The molecule has 0 aliphatic rings. The number of hydrogen-bond donors (Lipinski definition) is 0. The highest BCUT2D eigenvalue weighted by Crippen LogP contribution is 2.29. The minimum Gasteiger partial charge on any atom is -0.306 e. The zero-order valence-electron chi connectivity index (χ0n) is 8.92. The molecule has 0 atom stereocenters. The van der Waals surface area contributed by atoms with Crippen molar-refractivity contribution >= 4 is 5.65 Å². The predicted molar refractivity (Wildman–Crippen MR) is 54.3 cm³/mol. The molecule has 16 heavy (non-hydrogen) atoms. The summed E-state index contributed by atoms with van der Waals surface area (Å²) in [7, 11) is 0. The summed E-state index contributed by atoms with van der Waals surface area (Å²) in [6.07, 6.45) is -1.61. The highest BCUT2D eigenvalue weighted by molar-refractivity contribution is 5.42. The van der Waals surface area contributed by atoms with Crippen LogP contribution < -0.4 is 0 Å². The fourth-order valence-corrected chi connectivity index (χ4v) is 1.46. The van der Waals surface area contributed by atoms with Gasteiger partial charge in [-0.25, -0.2) is 4.98 Å². The largest absolute Gasteiger partial charge is 0.417 e. The summed E-state index contributed by atoms with van der Waals surface area (Å²) in [5.74, 6) is 0.203. The van der Waals surface area contributed by atoms with Gasteiger partial charge in [-0.3, -0.25) is 0 Å². The lowest BCUT2D eigenvalue weighted by molar-refractivity contribution is -0.137. The molecular formula is C11H11F3N2. The molecule has 2 nitrogen and oxygen atoms in total. The maximum absolute atomic E-state index is 12.4. The number of aromatic nitrogens is 2. The molecule has 2 aromatic rings. The van der Waals surface area contributed by atoms with Crippen molar-refractivity contribution < 1.29 is 13.2 Å². The molecule has 5 heteroatoms. The Kier molecular flexibility index (Phi) is 2.40. The van der Waals surface area contributed by atoms with Crippen molar-refractivity contribution in [1.82, 2.24) is 9.38 Å². The average molecular weight is 228 g/mol. The van der Waals surface area contributed by atoms with E-state index in [0.717, 1.165) is 18.0 Å². The van der Waals surface area contributed by atoms with Crippen molar-refractivity contribution in [3.8, 4) is 0 Å². The number of alkyl halides is 3. The van der Waals surface area contributed by atoms with E-state index < -0.39 is 11.7 Å². The van der Waals surface area contributed by atoms with E-state index in [1.165, 1.54) is 10.5 Å². The molecular weight excluding hydrogens is 217 g/mol. The fourth-order valence-electron chi connectivity index (χ4n) is 1.46. The molecule has 86 valence electrons. The first-order chi connectivity index (χ1) is 7.38. The first-order valence-corrected chi connectivity index (χ1v) is 4.94. The van der Waals surface area contributed by atoms with E-state index in [2.05, 4.69) is 4.98 Å². The number of halogens is 3. The van der Waals surface area contributed by atoms with Gasteiger partial charge in [0.1, 0.15) is 5.65 Å². The molecule has 0 unspecified atom stereocenters. The van der Waals surface area contributed by atoms with Crippen LogP contribution in [0, 0.1) is 0 Å². The summed E-state index contributed by atoms with van der Waals surface area (Å²) in [6, 6.07) is 2.43. The van der Waals surface area contributed by atoms with Gasteiger partial charge >= 0.3 is 6.18 Å². The molecule has 0 aliphatic heterocycles. The van der Waals surface area contributed by atoms with Crippen molar-refractivity contribution in [3.63, 3.8) is 0 Å². The molecule has 0 aliphatic carbocycles. The molecule has 0 bridgehead atoms. The Hall–Kier alpha value is -1.52. The average Bonchev–Trinajstić information content (AvgIpc) is 2.58. The molecule has 0 radical (unpaired) electrons. The number of imidazole rings is 1. The Morgan fingerprint density at radius 2 is 1.88 bits per heavy atom. The van der Waals surface area contributed by atoms with Crippen LogP contribution in [0.15, 0.2) is 24.5 Å². The molecule has 0 amide bonds. The minimum absolute atomic E-state index is 0.203. The normalized spacial score (nSPS) is 12.6. The fraction of sp³-hybridized carbons (Fsp3) is 0.364. The Morgan fingerprint density at radius 3 is 2.44 bits per heavy atom. The van der Waals surface area contributed by atoms with Crippen LogP contribution in [0.2, 0.25) is 0 Å². The topological polar surface area (TPSA) is 17.3 Å². The number of pyridine rings is 1. The van der Waals surface area contributed by atoms with E-state index in [0.29, 0.717) is 5.65 Å². The van der Waals surface area contributed by atoms with Gasteiger partial charge in [0, 0.05) is 12.4 Å². The summed E-state index contributed by atoms with van der Waals surface area (Å²) in [6.45, 7) is 3.90. The molecule has 0 N–H and O–H groups in total. The van der Waals surface area contributed by atoms with Gasteiger partial charge in [0.15, 0.2) is 0 Å². The lowest BCUT2D eigenvalue weighted by Crippen LogP contribution is -2.05. The summed E-state index contributed by atoms with van der Waals surface area (Å²) in [4.78, 5) is 4.23. The zero-order valence-corrected chi connectivity index (χ0v) is 8.92. The number of fused-ring (bicyclic) bond motifs is 1. The quantitative estimate of drug-likeness (QED) is 0.730. The van der Waals surface area contributed by atoms with E-state index in [4.69, 9.17) is 0 Å². The van der Waals surface area contributed by atoms with Gasteiger partial charge in [-0.05, 0) is 18.1 Å². The van der Waals surface area contributed by atoms with E-state index >= 15 is 0 Å². The zero-order chi connectivity index (χ0) is 11.9. The maximum atomic E-state index is 12.4. The second kappa shape index (κ2) is 3.50. The smallest absolute Gasteiger partial charge is 0.306 e. The first kappa shape index (κ1) is 11.0. The Balaban J connectivity index is 2.54. The highest BCUT2D eigenvalue weighted by atomic mass is 19.4. The first-order valence-electron chi connectivity index (χ1n) is 4.94. The second-order valence-electron chi connectivity index (χ2n) is 4.00. The van der Waals surface area contributed by atoms with E-state index in [-0.39, 0.29) is 5.92 Å². The highest BCUT2D eigenvalue weighted by Gasteiger charge is 2.30. The monoisotopic (exact) mass is 228 g/mol. The van der Waals surface area contributed by atoms with Gasteiger partial charge in [-0.15, -0.1) is 0 Å². The van der Waals surface area contributed by atoms with Crippen molar-refractivity contribution in [2.75, 3.05) is 0 Å². The summed E-state index contributed by atoms with van der Waals surface area (Å²) in [5, 5.41) is 0. The summed E-state index contributed by atoms with van der Waals surface area (Å²) in [5.41, 5.74) is 0.670. The maximum Gasteiger partial charge on any atom is 0.417 e. The van der Waals surface area contributed by atoms with Crippen LogP contribution in [-0.2, 0) is 6.18 Å². The van der Waals surface area contributed by atoms with E-state index in [1.807, 2.05) is 13.8 Å². The Bertz CT molecular complexity index is 511. The van der Waals surface area contributed by atoms with Crippen LogP contribution in [0.4, 0.5) is 13.2 Å². The Labute approximate surface area is 90.7 Å². The van der Waals surface area contributed by atoms with Crippen LogP contribution >= 0.6 is 0 Å². The minimum atomic E-state index is -4.31. The molecule has 0 saturated carbocycles. The third kappa shape index (κ3) is 1.89. The van der Waals surface area contributed by atoms with Crippen molar-refractivity contribution in [2.45, 2.75) is 25.9 Å². The standard InChI is InChI=1S/C11H11F3N2/c1-7(2)9-6-16-5-8(11(12,13)14)3-4-10(16)15-9/h3-7H,1-2H3. The number of rotatable bonds is 1. The van der Waals surface area contributed by atoms with Gasteiger partial charge < -0.3 is 4.40 Å². The summed E-state index contributed by atoms with van der Waals surface area (Å²) < 4.78 is 38.8. The van der Waals surface area contributed by atoms with Crippen LogP contribution in [0.25, 0.3) is 5.65 Å². The second-order valence-corrected chi connectivity index (χ2v) is 4.00. The number of hydrogen-bond acceptors (Lipinski definition) is 1. The predicted octanol–water partition coefficient (Wildman–Crippen LogP) is 3.48. The van der Waals surface area contributed by atoms with Crippen LogP contribution in [-0.4, -0.2) is 9.38 Å². The van der Waals surface area contributed by atoms with Crippen molar-refractivity contribution in [3.05, 3.63) is 35.8 Å². The van der Waals surface area contributed by atoms with Gasteiger partial charge in [0.25, 0.3) is 0 Å². The van der Waals surface area contributed by atoms with E-state index in [1.54, 1.807) is 6.20 Å².